The van der Waals surface area contributed by atoms with Gasteiger partial charge in [-0.05, 0) is 97.1 Å². The summed E-state index contributed by atoms with van der Waals surface area (Å²) in [6.07, 6.45) is 3.08. The molecule has 1 atom stereocenters. The van der Waals surface area contributed by atoms with Crippen molar-refractivity contribution in [1.29, 1.82) is 0 Å². The summed E-state index contributed by atoms with van der Waals surface area (Å²) in [6.45, 7) is 0.842. The summed E-state index contributed by atoms with van der Waals surface area (Å²) in [5, 5.41) is 1.42. The average Bonchev–Trinajstić information content (AvgIpc) is 3.08. The van der Waals surface area contributed by atoms with Gasteiger partial charge in [0, 0.05) is 35.3 Å². The number of aromatic nitrogens is 1. The van der Waals surface area contributed by atoms with Gasteiger partial charge >= 0.3 is 0 Å². The molecule has 3 aliphatic rings. The van der Waals surface area contributed by atoms with Gasteiger partial charge in [0.2, 0.25) is 11.5 Å². The lowest BCUT2D eigenvalue weighted by Crippen LogP contribution is -2.34. The van der Waals surface area contributed by atoms with E-state index in [0.29, 0.717) is 69.1 Å². The van der Waals surface area contributed by atoms with E-state index < -0.39 is 0 Å². The molecule has 0 aliphatic carbocycles. The van der Waals surface area contributed by atoms with E-state index in [-0.39, 0.29) is 11.8 Å². The predicted octanol–water partition coefficient (Wildman–Crippen LogP) is 7.17. The Morgan fingerprint density at radius 1 is 0.804 bits per heavy atom. The van der Waals surface area contributed by atoms with Crippen molar-refractivity contribution in [3.05, 3.63) is 101 Å². The van der Waals surface area contributed by atoms with Gasteiger partial charge in [-0.1, -0.05) is 6.07 Å². The molecule has 0 amide bonds. The van der Waals surface area contributed by atoms with E-state index in [9.17, 15) is 4.79 Å². The van der Waals surface area contributed by atoms with Gasteiger partial charge in [-0.2, -0.15) is 0 Å². The molecule has 8 rings (SSSR count). The molecule has 46 heavy (non-hydrogen) atoms. The quantitative estimate of drug-likeness (QED) is 0.208. The number of rotatable bonds is 4. The highest BCUT2D eigenvalue weighted by Crippen LogP contribution is 2.51. The van der Waals surface area contributed by atoms with Crippen LogP contribution in [0.25, 0.3) is 10.8 Å². The number of benzene rings is 4. The van der Waals surface area contributed by atoms with Crippen molar-refractivity contribution in [3.63, 3.8) is 0 Å². The maximum atomic E-state index is 13.9. The van der Waals surface area contributed by atoms with Gasteiger partial charge in [0.25, 0.3) is 0 Å². The number of hydrogen-bond acceptors (Lipinski definition) is 9. The highest BCUT2D eigenvalue weighted by Gasteiger charge is 2.34. The highest BCUT2D eigenvalue weighted by atomic mass is 16.5. The Hall–Kier alpha value is -5.28. The number of methoxy groups -OCH3 is 4. The third-order valence-electron chi connectivity index (χ3n) is 8.83. The average molecular weight is 619 g/mol. The Morgan fingerprint density at radius 3 is 2.30 bits per heavy atom. The molecule has 3 aliphatic heterocycles. The van der Waals surface area contributed by atoms with Crippen molar-refractivity contribution in [1.82, 2.24) is 9.88 Å². The molecule has 0 N–H and O–H groups in total. The lowest BCUT2D eigenvalue weighted by Gasteiger charge is -2.37. The van der Waals surface area contributed by atoms with Crippen LogP contribution in [0.2, 0.25) is 0 Å². The van der Waals surface area contributed by atoms with E-state index in [0.717, 1.165) is 35.0 Å². The van der Waals surface area contributed by atoms with Crippen LogP contribution in [-0.4, -0.2) is 57.7 Å². The Bertz CT molecular complexity index is 1970. The molecule has 9 heteroatoms. The summed E-state index contributed by atoms with van der Waals surface area (Å²) < 4.78 is 36.4. The smallest absolute Gasteiger partial charge is 0.211 e. The zero-order chi connectivity index (χ0) is 31.9. The number of hydrogen-bond donors (Lipinski definition) is 0. The monoisotopic (exact) mass is 618 g/mol. The van der Waals surface area contributed by atoms with E-state index >= 15 is 0 Å². The maximum absolute atomic E-state index is 13.9. The topological polar surface area (TPSA) is 88.6 Å². The fourth-order valence-corrected chi connectivity index (χ4v) is 6.43. The minimum absolute atomic E-state index is 0.0803. The Labute approximate surface area is 267 Å². The second kappa shape index (κ2) is 11.9. The number of carbonyl (C=O) groups is 1. The molecule has 234 valence electrons. The van der Waals surface area contributed by atoms with Crippen LogP contribution in [0.5, 0.6) is 46.0 Å². The van der Waals surface area contributed by atoms with Gasteiger partial charge in [0.1, 0.15) is 11.4 Å². The van der Waals surface area contributed by atoms with Crippen LogP contribution in [0.1, 0.15) is 38.8 Å². The van der Waals surface area contributed by atoms with Crippen LogP contribution in [0, 0.1) is 0 Å². The number of pyridine rings is 1. The molecule has 6 bridgehead atoms. The van der Waals surface area contributed by atoms with Gasteiger partial charge in [-0.15, -0.1) is 0 Å². The number of nitrogens with zero attached hydrogens (tertiary/aromatic N) is 2. The lowest BCUT2D eigenvalue weighted by atomic mass is 9.87. The number of carbonyl (C=O) groups excluding carboxylic acids is 1. The SMILES string of the molecule is COc1ccc2cc1Oc1ccc(cc1)C(=O)c1nccc3cc(OC)c(cc13)Oc1c(OC)c(OC)cc3c1C(C2)N(C)CC3. The van der Waals surface area contributed by atoms with Crippen molar-refractivity contribution in [3.8, 4) is 46.0 Å². The third kappa shape index (κ3) is 5.02. The first-order valence-electron chi connectivity index (χ1n) is 15.0. The van der Waals surface area contributed by atoms with Gasteiger partial charge in [-0.25, -0.2) is 0 Å². The molecule has 0 spiro atoms. The molecule has 4 heterocycles. The third-order valence-corrected chi connectivity index (χ3v) is 8.83. The van der Waals surface area contributed by atoms with Crippen molar-refractivity contribution in [2.24, 2.45) is 0 Å². The van der Waals surface area contributed by atoms with Crippen LogP contribution >= 0.6 is 0 Å². The van der Waals surface area contributed by atoms with Crippen LogP contribution in [0.4, 0.5) is 0 Å². The predicted molar refractivity (Wildman–Crippen MR) is 174 cm³/mol. The fourth-order valence-electron chi connectivity index (χ4n) is 6.43. The minimum atomic E-state index is -0.230. The summed E-state index contributed by atoms with van der Waals surface area (Å²) in [6, 6.07) is 20.5. The van der Waals surface area contributed by atoms with Gasteiger partial charge in [0.15, 0.2) is 34.5 Å². The summed E-state index contributed by atoms with van der Waals surface area (Å²) in [4.78, 5) is 20.7. The molecule has 1 aromatic heterocycles. The molecule has 0 fully saturated rings. The molecule has 0 saturated heterocycles. The number of ketones is 1. The van der Waals surface area contributed by atoms with Crippen LogP contribution in [0.15, 0.2) is 72.9 Å². The summed E-state index contributed by atoms with van der Waals surface area (Å²) in [5.74, 6) is 4.04. The largest absolute Gasteiger partial charge is 0.493 e. The van der Waals surface area contributed by atoms with Gasteiger partial charge in [0.05, 0.1) is 28.4 Å². The number of likely N-dealkylation sites (N-methyl/N-ethyl adjacent to an activating group) is 1. The molecule has 5 aromatic rings. The Morgan fingerprint density at radius 2 is 1.57 bits per heavy atom. The summed E-state index contributed by atoms with van der Waals surface area (Å²) in [7, 11) is 8.55. The van der Waals surface area contributed by atoms with Crippen LogP contribution in [0.3, 0.4) is 0 Å². The van der Waals surface area contributed by atoms with Crippen molar-refractivity contribution < 1.29 is 33.2 Å². The van der Waals surface area contributed by atoms with Crippen molar-refractivity contribution in [2.45, 2.75) is 18.9 Å². The van der Waals surface area contributed by atoms with Crippen molar-refractivity contribution in [2.75, 3.05) is 42.0 Å². The standard InChI is InChI=1S/C37H34N2O7/c1-39-15-13-24-19-32(43-4)36(44-5)37-33(24)27(39)16-21-6-11-28(41-2)30(17-21)45-25-9-7-22(8-10-25)35(40)34-26-20-31(46-37)29(42-3)18-23(26)12-14-38-34/h6-12,14,17-20,27H,13,15-16H2,1-5H3. The zero-order valence-electron chi connectivity index (χ0n) is 26.4. The lowest BCUT2D eigenvalue weighted by molar-refractivity contribution is 0.103. The fraction of sp³-hybridized carbons (Fsp3) is 0.243. The van der Waals surface area contributed by atoms with E-state index in [4.69, 9.17) is 28.4 Å². The van der Waals surface area contributed by atoms with Gasteiger partial charge in [-0.3, -0.25) is 14.7 Å². The zero-order valence-corrected chi connectivity index (χ0v) is 26.4. The first kappa shape index (κ1) is 29.4. The summed E-state index contributed by atoms with van der Waals surface area (Å²) >= 11 is 0. The second-order valence-corrected chi connectivity index (χ2v) is 11.4. The van der Waals surface area contributed by atoms with E-state index in [1.165, 1.54) is 0 Å². The van der Waals surface area contributed by atoms with Crippen LogP contribution in [-0.2, 0) is 12.8 Å². The Balaban J connectivity index is 1.52. The molecular formula is C37H34N2O7. The molecule has 9 nitrogen and oxygen atoms in total. The Kier molecular flexibility index (Phi) is 7.62. The first-order valence-corrected chi connectivity index (χ1v) is 15.0. The van der Waals surface area contributed by atoms with Crippen molar-refractivity contribution >= 4 is 16.6 Å². The molecule has 0 saturated carbocycles. The number of fused-ring (bicyclic) bond motifs is 2. The van der Waals surface area contributed by atoms with E-state index in [2.05, 4.69) is 23.0 Å². The molecular weight excluding hydrogens is 584 g/mol. The van der Waals surface area contributed by atoms with E-state index in [1.807, 2.05) is 36.4 Å². The normalized spacial score (nSPS) is 15.8. The molecule has 4 aromatic carbocycles. The van der Waals surface area contributed by atoms with Crippen LogP contribution < -0.4 is 28.4 Å². The maximum Gasteiger partial charge on any atom is 0.211 e. The number of ether oxygens (including phenoxy) is 6. The minimum Gasteiger partial charge on any atom is -0.493 e. The molecule has 0 radical (unpaired) electrons. The second-order valence-electron chi connectivity index (χ2n) is 11.4. The highest BCUT2D eigenvalue weighted by molar-refractivity contribution is 6.15. The molecule has 1 unspecified atom stereocenters. The summed E-state index contributed by atoms with van der Waals surface area (Å²) in [5.41, 5.74) is 3.92. The van der Waals surface area contributed by atoms with E-state index in [1.54, 1.807) is 58.9 Å². The van der Waals surface area contributed by atoms with Gasteiger partial charge < -0.3 is 28.4 Å². The first-order chi connectivity index (χ1) is 22.4.